The molecule has 4 N–H and O–H groups in total. The number of rotatable bonds is 4. The van der Waals surface area contributed by atoms with E-state index in [4.69, 9.17) is 9.05 Å². The summed E-state index contributed by atoms with van der Waals surface area (Å²) in [5.41, 5.74) is 8.16. The summed E-state index contributed by atoms with van der Waals surface area (Å²) in [5, 5.41) is 4.64. The van der Waals surface area contributed by atoms with Gasteiger partial charge in [-0.25, -0.2) is 0 Å². The van der Waals surface area contributed by atoms with E-state index in [0.717, 1.165) is 72.0 Å². The van der Waals surface area contributed by atoms with Gasteiger partial charge in [-0.15, -0.1) is 0 Å². The van der Waals surface area contributed by atoms with E-state index in [-0.39, 0.29) is 0 Å². The van der Waals surface area contributed by atoms with Crippen molar-refractivity contribution in [1.82, 2.24) is 19.9 Å². The van der Waals surface area contributed by atoms with E-state index < -0.39 is 18.8 Å². The molecule has 0 fully saturated rings. The molecule has 7 nitrogen and oxygen atoms in total. The monoisotopic (exact) mass is 622 g/mol. The Morgan fingerprint density at radius 1 is 0.489 bits per heavy atom. The zero-order chi connectivity index (χ0) is 32.3. The van der Waals surface area contributed by atoms with Crippen LogP contribution in [0.4, 0.5) is 0 Å². The summed E-state index contributed by atoms with van der Waals surface area (Å²) >= 11 is 0. The first-order chi connectivity index (χ1) is 21.1. The third-order valence-corrected chi connectivity index (χ3v) is 10.5. The van der Waals surface area contributed by atoms with Crippen molar-refractivity contribution in [1.29, 1.82) is 0 Å². The van der Waals surface area contributed by atoms with Crippen molar-refractivity contribution in [2.24, 2.45) is 0 Å². The van der Waals surface area contributed by atoms with Gasteiger partial charge in [0.1, 0.15) is 0 Å². The largest absolute Gasteiger partial charge is 0.362 e. The van der Waals surface area contributed by atoms with E-state index in [1.807, 2.05) is 65.8 Å². The molecule has 0 spiro atoms. The van der Waals surface area contributed by atoms with Crippen LogP contribution in [0, 0.1) is 0 Å². The van der Waals surface area contributed by atoms with Crippen molar-refractivity contribution in [3.05, 3.63) is 123 Å². The molecule has 6 rings (SSSR count). The van der Waals surface area contributed by atoms with E-state index in [0.29, 0.717) is 5.30 Å². The van der Waals surface area contributed by atoms with Crippen molar-refractivity contribution in [2.45, 2.75) is 73.5 Å². The number of H-pyrrole nitrogens is 4. The standard InChI is InChI=1S/C37H43N4O3P/c1-22-27-14-16-29(38-27)23(2)31-18-20-33(40-31)35(34-21-19-32(41-34)24(3)30-17-15-28(22)39-30)25-10-12-26(13-11-25)45(42,43-36(4,5)6)44-37(7,8)9/h10-21,38-41H,1-9H3. The zero-order valence-electron chi connectivity index (χ0n) is 27.6. The highest BCUT2D eigenvalue weighted by Crippen LogP contribution is 2.53. The predicted octanol–water partition coefficient (Wildman–Crippen LogP) is 5.67. The molecule has 0 saturated carbocycles. The molecule has 4 aromatic heterocycles. The first-order valence-electron chi connectivity index (χ1n) is 15.4. The SMILES string of the molecule is CC1=c2ccc([nH]2)=C(C)c2ccc([nH]2)C(c2ccc(P(=O)(OC(C)(C)C)OC(C)(C)C)cc2)=c2ccc([nH]2)=C(C)c2ccc1[nH]2. The summed E-state index contributed by atoms with van der Waals surface area (Å²) in [6, 6.07) is 24.7. The van der Waals surface area contributed by atoms with Gasteiger partial charge in [0.25, 0.3) is 0 Å². The third kappa shape index (κ3) is 6.26. The highest BCUT2D eigenvalue weighted by molar-refractivity contribution is 7.62. The number of nitrogens with one attached hydrogen (secondary N) is 4. The van der Waals surface area contributed by atoms with Crippen molar-refractivity contribution in [2.75, 3.05) is 0 Å². The molecule has 8 heteroatoms. The van der Waals surface area contributed by atoms with Crippen LogP contribution in [0.2, 0.25) is 0 Å². The molecular formula is C37H43N4O3P. The smallest absolute Gasteiger partial charge is 0.355 e. The first-order valence-corrected chi connectivity index (χ1v) is 16.9. The minimum atomic E-state index is -3.63. The Balaban J connectivity index is 1.57. The molecule has 5 heterocycles. The lowest BCUT2D eigenvalue weighted by atomic mass is 10.0. The second kappa shape index (κ2) is 11.1. The number of hydrogen-bond donors (Lipinski definition) is 4. The van der Waals surface area contributed by atoms with Gasteiger partial charge in [-0.1, -0.05) is 12.1 Å². The maximum absolute atomic E-state index is 14.2. The Hall–Kier alpha value is -4.03. The summed E-state index contributed by atoms with van der Waals surface area (Å²) in [6.07, 6.45) is 0. The maximum Gasteiger partial charge on any atom is 0.362 e. The summed E-state index contributed by atoms with van der Waals surface area (Å²) in [5.74, 6) is 0. The molecule has 45 heavy (non-hydrogen) atoms. The van der Waals surface area contributed by atoms with Gasteiger partial charge in [0.05, 0.1) is 16.5 Å². The molecule has 5 aromatic rings. The fourth-order valence-electron chi connectivity index (χ4n) is 5.73. The van der Waals surface area contributed by atoms with Gasteiger partial charge >= 0.3 is 7.60 Å². The number of aromatic amines is 4. The lowest BCUT2D eigenvalue weighted by Crippen LogP contribution is -2.28. The molecular weight excluding hydrogens is 579 g/mol. The van der Waals surface area contributed by atoms with Crippen LogP contribution in [0.1, 0.15) is 90.7 Å². The Morgan fingerprint density at radius 2 is 0.867 bits per heavy atom. The normalized spacial score (nSPS) is 14.4. The quantitative estimate of drug-likeness (QED) is 0.195. The number of hydrogen-bond acceptors (Lipinski definition) is 3. The van der Waals surface area contributed by atoms with Crippen molar-refractivity contribution in [3.63, 3.8) is 0 Å². The number of fused-ring (bicyclic) bond motifs is 8. The van der Waals surface area contributed by atoms with Crippen LogP contribution >= 0.6 is 7.60 Å². The van der Waals surface area contributed by atoms with Crippen LogP contribution in [0.5, 0.6) is 0 Å². The highest BCUT2D eigenvalue weighted by atomic mass is 31.2. The average Bonchev–Trinajstić information content (AvgIpc) is 3.76. The number of aromatic nitrogens is 4. The van der Waals surface area contributed by atoms with Gasteiger partial charge in [0, 0.05) is 49.7 Å². The van der Waals surface area contributed by atoms with Crippen LogP contribution in [0.3, 0.4) is 0 Å². The third-order valence-electron chi connectivity index (χ3n) is 7.97. The fourth-order valence-corrected chi connectivity index (χ4v) is 7.94. The molecule has 8 bridgehead atoms. The predicted molar refractivity (Wildman–Crippen MR) is 183 cm³/mol. The van der Waals surface area contributed by atoms with E-state index >= 15 is 0 Å². The van der Waals surface area contributed by atoms with Crippen LogP contribution in [0.15, 0.2) is 72.8 Å². The molecule has 234 valence electrons. The highest BCUT2D eigenvalue weighted by Gasteiger charge is 2.37. The molecule has 1 aliphatic heterocycles. The molecule has 0 saturated heterocycles. The second-order valence-corrected chi connectivity index (χ2v) is 15.7. The lowest BCUT2D eigenvalue weighted by Gasteiger charge is -2.32. The van der Waals surface area contributed by atoms with Gasteiger partial charge in [-0.2, -0.15) is 0 Å². The maximum atomic E-state index is 14.2. The summed E-state index contributed by atoms with van der Waals surface area (Å²) in [4.78, 5) is 14.6. The topological polar surface area (TPSA) is 98.7 Å². The zero-order valence-corrected chi connectivity index (χ0v) is 28.5. The van der Waals surface area contributed by atoms with Crippen LogP contribution in [-0.4, -0.2) is 31.1 Å². The average molecular weight is 623 g/mol. The van der Waals surface area contributed by atoms with E-state index in [1.165, 1.54) is 0 Å². The number of benzene rings is 1. The molecule has 0 unspecified atom stereocenters. The second-order valence-electron chi connectivity index (χ2n) is 13.8. The van der Waals surface area contributed by atoms with Gasteiger partial charge in [-0.3, -0.25) is 13.6 Å². The summed E-state index contributed by atoms with van der Waals surface area (Å²) < 4.78 is 26.4. The van der Waals surface area contributed by atoms with Gasteiger partial charge in [-0.05, 0) is 145 Å². The molecule has 1 aliphatic rings. The molecule has 0 aliphatic carbocycles. The minimum Gasteiger partial charge on any atom is -0.355 e. The first kappa shape index (κ1) is 31.0. The molecule has 1 aromatic carbocycles. The molecule has 0 atom stereocenters. The van der Waals surface area contributed by atoms with Crippen molar-refractivity contribution in [3.8, 4) is 0 Å². The minimum absolute atomic E-state index is 0.523. The summed E-state index contributed by atoms with van der Waals surface area (Å²) in [7, 11) is -3.63. The van der Waals surface area contributed by atoms with Crippen LogP contribution in [0.25, 0.3) is 22.3 Å². The Bertz CT molecular complexity index is 2170. The molecule has 0 amide bonds. The van der Waals surface area contributed by atoms with Crippen molar-refractivity contribution < 1.29 is 13.6 Å². The molecule has 0 radical (unpaired) electrons. The lowest BCUT2D eigenvalue weighted by molar-refractivity contribution is 0.0548. The van der Waals surface area contributed by atoms with Crippen LogP contribution in [-0.2, 0) is 13.6 Å². The van der Waals surface area contributed by atoms with E-state index in [2.05, 4.69) is 89.2 Å². The Kier molecular flexibility index (Phi) is 7.64. The summed E-state index contributed by atoms with van der Waals surface area (Å²) in [6.45, 7) is 17.7. The fraction of sp³-hybridized carbons (Fsp3) is 0.297. The van der Waals surface area contributed by atoms with Gasteiger partial charge in [0.15, 0.2) is 0 Å². The van der Waals surface area contributed by atoms with Crippen LogP contribution < -0.4 is 26.7 Å². The van der Waals surface area contributed by atoms with Gasteiger partial charge in [0.2, 0.25) is 0 Å². The van der Waals surface area contributed by atoms with E-state index in [1.54, 1.807) is 0 Å². The Morgan fingerprint density at radius 3 is 1.31 bits per heavy atom. The van der Waals surface area contributed by atoms with Gasteiger partial charge < -0.3 is 19.9 Å². The van der Waals surface area contributed by atoms with Crippen molar-refractivity contribution >= 4 is 35.2 Å². The Labute approximate surface area is 264 Å². The van der Waals surface area contributed by atoms with E-state index in [9.17, 15) is 4.57 Å².